The number of halogens is 5. The first kappa shape index (κ1) is 20.3. The second-order valence-electron chi connectivity index (χ2n) is 5.42. The molecule has 0 aliphatic heterocycles. The molecule has 1 N–H and O–H groups in total. The number of nitrogens with zero attached hydrogens (tertiary/aromatic N) is 3. The summed E-state index contributed by atoms with van der Waals surface area (Å²) in [5, 5.41) is 15.4. The average Bonchev–Trinajstić information content (AvgIpc) is 3.12. The van der Waals surface area contributed by atoms with Crippen LogP contribution in [-0.2, 0) is 6.18 Å². The molecule has 0 fully saturated rings. The van der Waals surface area contributed by atoms with Crippen LogP contribution in [0.2, 0.25) is 5.02 Å². The van der Waals surface area contributed by atoms with Gasteiger partial charge in [0.15, 0.2) is 10.7 Å². The zero-order valence-electron chi connectivity index (χ0n) is 13.8. The maximum absolute atomic E-state index is 12.9. The molecular formula is C18H9BrClF3N4S. The first-order valence-corrected chi connectivity index (χ1v) is 9.65. The van der Waals surface area contributed by atoms with Crippen molar-refractivity contribution >= 4 is 50.3 Å². The van der Waals surface area contributed by atoms with Crippen LogP contribution in [-0.4, -0.2) is 10.7 Å². The van der Waals surface area contributed by atoms with Gasteiger partial charge in [-0.05, 0) is 30.3 Å². The molecule has 0 aliphatic carbocycles. The fourth-order valence-corrected chi connectivity index (χ4v) is 3.51. The van der Waals surface area contributed by atoms with Crippen LogP contribution < -0.4 is 5.43 Å². The van der Waals surface area contributed by atoms with E-state index in [1.54, 1.807) is 5.38 Å². The largest absolute Gasteiger partial charge is 0.416 e. The average molecular weight is 486 g/mol. The summed E-state index contributed by atoms with van der Waals surface area (Å²) in [4.78, 5) is 4.38. The molecule has 0 unspecified atom stereocenters. The van der Waals surface area contributed by atoms with Crippen molar-refractivity contribution in [3.05, 3.63) is 67.9 Å². The second-order valence-corrected chi connectivity index (χ2v) is 7.61. The molecule has 0 bridgehead atoms. The third-order valence-electron chi connectivity index (χ3n) is 3.51. The number of nitriles is 1. The lowest BCUT2D eigenvalue weighted by atomic mass is 10.2. The molecule has 142 valence electrons. The van der Waals surface area contributed by atoms with Gasteiger partial charge in [-0.1, -0.05) is 39.7 Å². The number of benzene rings is 2. The van der Waals surface area contributed by atoms with Crippen LogP contribution >= 0.6 is 38.9 Å². The lowest BCUT2D eigenvalue weighted by molar-refractivity contribution is -0.137. The van der Waals surface area contributed by atoms with E-state index in [2.05, 4.69) is 31.4 Å². The minimum absolute atomic E-state index is 0.0444. The maximum Gasteiger partial charge on any atom is 0.416 e. The van der Waals surface area contributed by atoms with Crippen molar-refractivity contribution in [2.75, 3.05) is 5.43 Å². The van der Waals surface area contributed by atoms with Crippen LogP contribution in [0.4, 0.5) is 18.9 Å². The Labute approximate surface area is 175 Å². The van der Waals surface area contributed by atoms with E-state index in [1.165, 1.54) is 11.3 Å². The third kappa shape index (κ3) is 4.70. The van der Waals surface area contributed by atoms with Gasteiger partial charge in [0.25, 0.3) is 0 Å². The highest BCUT2D eigenvalue weighted by atomic mass is 79.9. The molecule has 0 saturated carbocycles. The van der Waals surface area contributed by atoms with Crippen molar-refractivity contribution in [2.24, 2.45) is 5.10 Å². The van der Waals surface area contributed by atoms with Crippen molar-refractivity contribution < 1.29 is 13.2 Å². The Morgan fingerprint density at radius 2 is 2.04 bits per heavy atom. The van der Waals surface area contributed by atoms with Crippen LogP contribution in [0.1, 0.15) is 10.6 Å². The predicted octanol–water partition coefficient (Wildman–Crippen LogP) is 6.58. The number of alkyl halides is 3. The summed E-state index contributed by atoms with van der Waals surface area (Å²) in [7, 11) is 0. The first-order valence-electron chi connectivity index (χ1n) is 7.60. The minimum Gasteiger partial charge on any atom is -0.276 e. The zero-order valence-corrected chi connectivity index (χ0v) is 16.9. The number of rotatable bonds is 4. The molecule has 2 aromatic carbocycles. The highest BCUT2D eigenvalue weighted by Gasteiger charge is 2.31. The van der Waals surface area contributed by atoms with Crippen molar-refractivity contribution in [1.82, 2.24) is 4.98 Å². The Kier molecular flexibility index (Phi) is 6.03. The molecule has 10 heteroatoms. The van der Waals surface area contributed by atoms with E-state index in [1.807, 2.05) is 30.3 Å². The summed E-state index contributed by atoms with van der Waals surface area (Å²) in [5.74, 6) is 0. The molecule has 1 heterocycles. The van der Waals surface area contributed by atoms with E-state index in [0.717, 1.165) is 28.2 Å². The number of nitrogens with one attached hydrogen (secondary N) is 1. The molecule has 3 rings (SSSR count). The second kappa shape index (κ2) is 8.31. The minimum atomic E-state index is -4.52. The van der Waals surface area contributed by atoms with Gasteiger partial charge in [0.1, 0.15) is 6.07 Å². The lowest BCUT2D eigenvalue weighted by Gasteiger charge is -2.10. The fourth-order valence-electron chi connectivity index (χ4n) is 2.19. The molecule has 28 heavy (non-hydrogen) atoms. The molecule has 4 nitrogen and oxygen atoms in total. The summed E-state index contributed by atoms with van der Waals surface area (Å²) in [5.41, 5.74) is 2.92. The summed E-state index contributed by atoms with van der Waals surface area (Å²) in [6.45, 7) is 0. The van der Waals surface area contributed by atoms with Gasteiger partial charge in [-0.25, -0.2) is 4.98 Å². The molecular weight excluding hydrogens is 477 g/mol. The number of aromatic nitrogens is 1. The van der Waals surface area contributed by atoms with Crippen molar-refractivity contribution in [3.8, 4) is 17.3 Å². The van der Waals surface area contributed by atoms with E-state index >= 15 is 0 Å². The van der Waals surface area contributed by atoms with E-state index < -0.39 is 11.7 Å². The van der Waals surface area contributed by atoms with Crippen molar-refractivity contribution in [2.45, 2.75) is 6.18 Å². The molecule has 3 aromatic rings. The zero-order chi connectivity index (χ0) is 20.3. The van der Waals surface area contributed by atoms with Gasteiger partial charge >= 0.3 is 6.18 Å². The van der Waals surface area contributed by atoms with Gasteiger partial charge < -0.3 is 0 Å². The smallest absolute Gasteiger partial charge is 0.276 e. The van der Waals surface area contributed by atoms with E-state index in [0.29, 0.717) is 10.7 Å². The van der Waals surface area contributed by atoms with E-state index in [4.69, 9.17) is 11.6 Å². The SMILES string of the molecule is N#CC(=NNc1cc(C(F)(F)F)ccc1Cl)c1nc(-c2cccc(Br)c2)cs1. The van der Waals surface area contributed by atoms with Crippen molar-refractivity contribution in [3.63, 3.8) is 0 Å². The standard InChI is InChI=1S/C18H9BrClF3N4S/c19-12-3-1-2-10(6-12)16-9-28-17(25-16)15(8-24)27-26-14-7-11(18(21,22)23)4-5-13(14)20/h1-7,9,26H. The fraction of sp³-hybridized carbons (Fsp3) is 0.0556. The Morgan fingerprint density at radius 3 is 2.71 bits per heavy atom. The lowest BCUT2D eigenvalue weighted by Crippen LogP contribution is -2.06. The van der Waals surface area contributed by atoms with Gasteiger partial charge in [0, 0.05) is 15.4 Å². The summed E-state index contributed by atoms with van der Waals surface area (Å²) >= 11 is 10.5. The first-order chi connectivity index (χ1) is 13.3. The molecule has 1 aromatic heterocycles. The quantitative estimate of drug-likeness (QED) is 0.335. The predicted molar refractivity (Wildman–Crippen MR) is 107 cm³/mol. The van der Waals surface area contributed by atoms with Crippen molar-refractivity contribution in [1.29, 1.82) is 5.26 Å². The maximum atomic E-state index is 12.9. The molecule has 0 saturated heterocycles. The molecule has 0 aliphatic rings. The summed E-state index contributed by atoms with van der Waals surface area (Å²) in [6.07, 6.45) is -4.52. The van der Waals surface area contributed by atoms with Gasteiger partial charge in [-0.3, -0.25) is 5.43 Å². The molecule has 0 radical (unpaired) electrons. The van der Waals surface area contributed by atoms with Gasteiger partial charge in [0.2, 0.25) is 0 Å². The van der Waals surface area contributed by atoms with Gasteiger partial charge in [-0.2, -0.15) is 23.5 Å². The molecule has 0 amide bonds. The van der Waals surface area contributed by atoms with E-state index in [9.17, 15) is 18.4 Å². The van der Waals surface area contributed by atoms with Crippen LogP contribution in [0, 0.1) is 11.3 Å². The monoisotopic (exact) mass is 484 g/mol. The van der Waals surface area contributed by atoms with Gasteiger partial charge in [0.05, 0.1) is 22.0 Å². The Bertz CT molecular complexity index is 1090. The number of hydrazone groups is 1. The van der Waals surface area contributed by atoms with Crippen LogP contribution in [0.5, 0.6) is 0 Å². The summed E-state index contributed by atoms with van der Waals surface area (Å²) < 4.78 is 39.4. The Balaban J connectivity index is 1.87. The van der Waals surface area contributed by atoms with E-state index in [-0.39, 0.29) is 16.4 Å². The summed E-state index contributed by atoms with van der Waals surface area (Å²) in [6, 6.07) is 12.2. The van der Waals surface area contributed by atoms with Crippen LogP contribution in [0.25, 0.3) is 11.3 Å². The number of hydrogen-bond donors (Lipinski definition) is 1. The van der Waals surface area contributed by atoms with Gasteiger partial charge in [-0.15, -0.1) is 11.3 Å². The van der Waals surface area contributed by atoms with Crippen LogP contribution in [0.15, 0.2) is 57.4 Å². The Morgan fingerprint density at radius 1 is 1.25 bits per heavy atom. The molecule has 0 spiro atoms. The molecule has 0 atom stereocenters. The number of hydrogen-bond acceptors (Lipinski definition) is 5. The topological polar surface area (TPSA) is 61.1 Å². The number of anilines is 1. The Hall–Kier alpha value is -2.41. The number of thiazole rings is 1. The third-order valence-corrected chi connectivity index (χ3v) is 5.19. The highest BCUT2D eigenvalue weighted by molar-refractivity contribution is 9.10. The highest BCUT2D eigenvalue weighted by Crippen LogP contribution is 2.34. The van der Waals surface area contributed by atoms with Crippen LogP contribution in [0.3, 0.4) is 0 Å². The normalized spacial score (nSPS) is 11.9.